The highest BCUT2D eigenvalue weighted by atomic mass is 19.1. The average molecular weight is 408 g/mol. The second-order valence-corrected chi connectivity index (χ2v) is 7.78. The summed E-state index contributed by atoms with van der Waals surface area (Å²) < 4.78 is 19.0. The molecule has 0 atom stereocenters. The van der Waals surface area contributed by atoms with Gasteiger partial charge in [0, 0.05) is 6.04 Å². The molecule has 5 nitrogen and oxygen atoms in total. The van der Waals surface area contributed by atoms with Crippen molar-refractivity contribution in [2.75, 3.05) is 11.4 Å². The predicted molar refractivity (Wildman–Crippen MR) is 113 cm³/mol. The lowest BCUT2D eigenvalue weighted by molar-refractivity contribution is -0.124. The van der Waals surface area contributed by atoms with Crippen molar-refractivity contribution in [2.45, 2.75) is 44.6 Å². The Morgan fingerprint density at radius 2 is 1.77 bits per heavy atom. The molecular weight excluding hydrogens is 383 g/mol. The number of fused-ring (bicyclic) bond motifs is 1. The number of benzene rings is 2. The third kappa shape index (κ3) is 4.70. The number of carbonyl (C=O) groups is 2. The zero-order valence-electron chi connectivity index (χ0n) is 16.8. The van der Waals surface area contributed by atoms with Gasteiger partial charge in [0.25, 0.3) is 5.91 Å². The zero-order valence-corrected chi connectivity index (χ0v) is 16.8. The maximum absolute atomic E-state index is 13.2. The summed E-state index contributed by atoms with van der Waals surface area (Å²) in [6.45, 7) is -0.0730. The van der Waals surface area contributed by atoms with Crippen molar-refractivity contribution in [1.29, 1.82) is 0 Å². The van der Waals surface area contributed by atoms with E-state index in [1.54, 1.807) is 36.4 Å². The van der Waals surface area contributed by atoms with E-state index in [-0.39, 0.29) is 30.1 Å². The first-order valence-corrected chi connectivity index (χ1v) is 10.5. The molecule has 1 N–H and O–H groups in total. The van der Waals surface area contributed by atoms with Crippen molar-refractivity contribution < 1.29 is 18.7 Å². The number of carbonyl (C=O) groups excluding carboxylic acids is 2. The van der Waals surface area contributed by atoms with Crippen LogP contribution in [-0.4, -0.2) is 24.4 Å². The predicted octanol–water partition coefficient (Wildman–Crippen LogP) is 4.43. The topological polar surface area (TPSA) is 58.6 Å². The molecule has 30 heavy (non-hydrogen) atoms. The molecule has 2 aromatic rings. The van der Waals surface area contributed by atoms with Crippen LogP contribution < -0.4 is 15.0 Å². The minimum absolute atomic E-state index is 0.0730. The Labute approximate surface area is 175 Å². The fraction of sp³-hybridized carbons (Fsp3) is 0.333. The van der Waals surface area contributed by atoms with E-state index in [9.17, 15) is 14.0 Å². The van der Waals surface area contributed by atoms with Gasteiger partial charge in [-0.05, 0) is 48.7 Å². The van der Waals surface area contributed by atoms with Crippen molar-refractivity contribution in [3.63, 3.8) is 0 Å². The van der Waals surface area contributed by atoms with Crippen molar-refractivity contribution >= 4 is 23.6 Å². The molecule has 0 spiro atoms. The molecule has 6 heteroatoms. The number of amides is 2. The van der Waals surface area contributed by atoms with Crippen LogP contribution in [0.25, 0.3) is 6.08 Å². The zero-order chi connectivity index (χ0) is 20.9. The smallest absolute Gasteiger partial charge is 0.294 e. The van der Waals surface area contributed by atoms with Gasteiger partial charge in [-0.1, -0.05) is 49.9 Å². The number of nitrogens with zero attached hydrogens (tertiary/aromatic N) is 1. The monoisotopic (exact) mass is 408 g/mol. The summed E-state index contributed by atoms with van der Waals surface area (Å²) in [5.74, 6) is -0.312. The van der Waals surface area contributed by atoms with E-state index in [1.165, 1.54) is 29.9 Å². The maximum atomic E-state index is 13.2. The van der Waals surface area contributed by atoms with Crippen LogP contribution in [0.15, 0.2) is 54.3 Å². The van der Waals surface area contributed by atoms with Gasteiger partial charge in [-0.15, -0.1) is 0 Å². The first kappa shape index (κ1) is 20.1. The molecule has 0 radical (unpaired) electrons. The molecule has 0 saturated heterocycles. The SMILES string of the molecule is O=C(CN1C(=O)C(=Cc2ccc(F)cc2)Oc2ccccc21)NC1CCCCCC1. The summed E-state index contributed by atoms with van der Waals surface area (Å²) >= 11 is 0. The van der Waals surface area contributed by atoms with E-state index >= 15 is 0 Å². The quantitative estimate of drug-likeness (QED) is 0.601. The van der Waals surface area contributed by atoms with Gasteiger partial charge in [-0.25, -0.2) is 4.39 Å². The lowest BCUT2D eigenvalue weighted by Crippen LogP contribution is -2.46. The Hall–Kier alpha value is -3.15. The molecule has 2 amide bonds. The second-order valence-electron chi connectivity index (χ2n) is 7.78. The molecule has 2 aliphatic rings. The lowest BCUT2D eigenvalue weighted by Gasteiger charge is -2.30. The number of anilines is 1. The van der Waals surface area contributed by atoms with Crippen LogP contribution in [0, 0.1) is 5.82 Å². The number of halogens is 1. The molecule has 4 rings (SSSR count). The van der Waals surface area contributed by atoms with Gasteiger partial charge in [0.1, 0.15) is 12.4 Å². The van der Waals surface area contributed by atoms with Gasteiger partial charge in [0.15, 0.2) is 11.5 Å². The Morgan fingerprint density at radius 1 is 1.07 bits per heavy atom. The normalized spacial score (nSPS) is 18.5. The summed E-state index contributed by atoms with van der Waals surface area (Å²) in [5.41, 5.74) is 1.21. The van der Waals surface area contributed by atoms with Crippen LogP contribution >= 0.6 is 0 Å². The van der Waals surface area contributed by atoms with Gasteiger partial charge < -0.3 is 10.1 Å². The lowest BCUT2D eigenvalue weighted by atomic mass is 10.1. The van der Waals surface area contributed by atoms with Gasteiger partial charge in [-0.2, -0.15) is 0 Å². The molecule has 2 aromatic carbocycles. The fourth-order valence-electron chi connectivity index (χ4n) is 3.97. The Balaban J connectivity index is 1.55. The Kier molecular flexibility index (Phi) is 6.12. The van der Waals surface area contributed by atoms with Gasteiger partial charge >= 0.3 is 0 Å². The third-order valence-electron chi connectivity index (χ3n) is 5.52. The number of nitrogens with one attached hydrogen (secondary N) is 1. The number of para-hydroxylation sites is 2. The standard InChI is InChI=1S/C24H25FN2O3/c25-18-13-11-17(12-14-18)15-22-24(29)27(20-9-5-6-10-21(20)30-22)16-23(28)26-19-7-3-1-2-4-8-19/h5-6,9-15,19H,1-4,7-8,16H2,(H,26,28). The average Bonchev–Trinajstić information content (AvgIpc) is 3.01. The van der Waals surface area contributed by atoms with Gasteiger partial charge in [0.05, 0.1) is 5.69 Å². The summed E-state index contributed by atoms with van der Waals surface area (Å²) in [5, 5.41) is 3.09. The molecule has 156 valence electrons. The second kappa shape index (κ2) is 9.11. The molecule has 1 heterocycles. The molecule has 1 aliphatic heterocycles. The molecule has 0 aromatic heterocycles. The van der Waals surface area contributed by atoms with Crippen LogP contribution in [0.1, 0.15) is 44.1 Å². The number of hydrogen-bond donors (Lipinski definition) is 1. The van der Waals surface area contributed by atoms with Crippen LogP contribution in [0.2, 0.25) is 0 Å². The Bertz CT molecular complexity index is 947. The van der Waals surface area contributed by atoms with Crippen LogP contribution in [0.4, 0.5) is 10.1 Å². The molecular formula is C24H25FN2O3. The number of hydrogen-bond acceptors (Lipinski definition) is 3. The maximum Gasteiger partial charge on any atom is 0.294 e. The van der Waals surface area contributed by atoms with Crippen molar-refractivity contribution in [3.05, 3.63) is 65.7 Å². The highest BCUT2D eigenvalue weighted by molar-refractivity contribution is 6.12. The highest BCUT2D eigenvalue weighted by Crippen LogP contribution is 2.35. The molecule has 1 fully saturated rings. The van der Waals surface area contributed by atoms with E-state index in [0.29, 0.717) is 17.0 Å². The number of rotatable bonds is 4. The summed E-state index contributed by atoms with van der Waals surface area (Å²) in [7, 11) is 0. The van der Waals surface area contributed by atoms with Crippen LogP contribution in [0.5, 0.6) is 5.75 Å². The molecule has 0 unspecified atom stereocenters. The third-order valence-corrected chi connectivity index (χ3v) is 5.52. The molecule has 1 saturated carbocycles. The minimum Gasteiger partial charge on any atom is -0.449 e. The molecule has 0 bridgehead atoms. The molecule has 1 aliphatic carbocycles. The number of ether oxygens (including phenoxy) is 1. The van der Waals surface area contributed by atoms with E-state index in [1.807, 2.05) is 6.07 Å². The van der Waals surface area contributed by atoms with Crippen molar-refractivity contribution in [1.82, 2.24) is 5.32 Å². The van der Waals surface area contributed by atoms with E-state index in [2.05, 4.69) is 5.32 Å². The van der Waals surface area contributed by atoms with Gasteiger partial charge in [0.2, 0.25) is 5.91 Å². The van der Waals surface area contributed by atoms with Crippen molar-refractivity contribution in [2.24, 2.45) is 0 Å². The van der Waals surface area contributed by atoms with E-state index in [0.717, 1.165) is 25.7 Å². The summed E-state index contributed by atoms with van der Waals surface area (Å²) in [6, 6.07) is 13.1. The minimum atomic E-state index is -0.394. The van der Waals surface area contributed by atoms with Crippen LogP contribution in [-0.2, 0) is 9.59 Å². The van der Waals surface area contributed by atoms with Crippen molar-refractivity contribution in [3.8, 4) is 5.75 Å². The highest BCUT2D eigenvalue weighted by Gasteiger charge is 2.32. The fourth-order valence-corrected chi connectivity index (χ4v) is 3.97. The van der Waals surface area contributed by atoms with E-state index in [4.69, 9.17) is 4.74 Å². The summed E-state index contributed by atoms with van der Waals surface area (Å²) in [6.07, 6.45) is 8.18. The largest absolute Gasteiger partial charge is 0.449 e. The first-order chi connectivity index (χ1) is 14.6. The van der Waals surface area contributed by atoms with Gasteiger partial charge in [-0.3, -0.25) is 14.5 Å². The first-order valence-electron chi connectivity index (χ1n) is 10.5. The summed E-state index contributed by atoms with van der Waals surface area (Å²) in [4.78, 5) is 27.3. The Morgan fingerprint density at radius 3 is 2.50 bits per heavy atom. The van der Waals surface area contributed by atoms with E-state index < -0.39 is 5.91 Å². The van der Waals surface area contributed by atoms with Crippen LogP contribution in [0.3, 0.4) is 0 Å².